The lowest BCUT2D eigenvalue weighted by Gasteiger charge is -2.18. The summed E-state index contributed by atoms with van der Waals surface area (Å²) in [5.41, 5.74) is 0.599. The van der Waals surface area contributed by atoms with Gasteiger partial charge in [0.15, 0.2) is 0 Å². The Labute approximate surface area is 103 Å². The number of hydrogen-bond acceptors (Lipinski definition) is 2. The molecular weight excluding hydrogens is 214 g/mol. The van der Waals surface area contributed by atoms with Gasteiger partial charge in [0.1, 0.15) is 5.75 Å². The second kappa shape index (κ2) is 6.28. The van der Waals surface area contributed by atoms with Crippen molar-refractivity contribution < 1.29 is 9.53 Å². The molecule has 3 nitrogen and oxygen atoms in total. The lowest BCUT2D eigenvalue weighted by Crippen LogP contribution is -2.36. The van der Waals surface area contributed by atoms with Crippen molar-refractivity contribution >= 4 is 5.91 Å². The van der Waals surface area contributed by atoms with E-state index in [0.717, 1.165) is 0 Å². The normalized spacial score (nSPS) is 12.3. The highest BCUT2D eigenvalue weighted by Gasteiger charge is 2.15. The fraction of sp³-hybridized carbons (Fsp3) is 0.500. The molecule has 0 fully saturated rings. The summed E-state index contributed by atoms with van der Waals surface area (Å²) in [7, 11) is 0. The van der Waals surface area contributed by atoms with Gasteiger partial charge in [-0.05, 0) is 31.9 Å². The van der Waals surface area contributed by atoms with Crippen LogP contribution >= 0.6 is 0 Å². The van der Waals surface area contributed by atoms with E-state index in [1.165, 1.54) is 0 Å². The average Bonchev–Trinajstić information content (AvgIpc) is 2.29. The third-order valence-corrected chi connectivity index (χ3v) is 2.79. The molecule has 0 heterocycles. The second-order valence-electron chi connectivity index (χ2n) is 4.44. The van der Waals surface area contributed by atoms with Gasteiger partial charge < -0.3 is 10.1 Å². The highest BCUT2D eigenvalue weighted by atomic mass is 16.5. The number of carbonyl (C=O) groups excluding carboxylic acids is 1. The molecule has 0 saturated carbocycles. The van der Waals surface area contributed by atoms with E-state index in [0.29, 0.717) is 23.8 Å². The van der Waals surface area contributed by atoms with Crippen LogP contribution in [0.5, 0.6) is 5.75 Å². The fourth-order valence-electron chi connectivity index (χ4n) is 1.39. The number of rotatable bonds is 5. The highest BCUT2D eigenvalue weighted by Crippen LogP contribution is 2.18. The molecular formula is C14H21NO2. The smallest absolute Gasteiger partial charge is 0.255 e. The van der Waals surface area contributed by atoms with E-state index in [4.69, 9.17) is 4.74 Å². The van der Waals surface area contributed by atoms with E-state index in [9.17, 15) is 4.79 Å². The Kier molecular flexibility index (Phi) is 5.01. The lowest BCUT2D eigenvalue weighted by atomic mass is 10.1. The van der Waals surface area contributed by atoms with Crippen LogP contribution in [0.15, 0.2) is 24.3 Å². The van der Waals surface area contributed by atoms with Gasteiger partial charge in [0.2, 0.25) is 0 Å². The van der Waals surface area contributed by atoms with Gasteiger partial charge in [0, 0.05) is 6.04 Å². The number of carbonyl (C=O) groups is 1. The Morgan fingerprint density at radius 3 is 2.53 bits per heavy atom. The van der Waals surface area contributed by atoms with Crippen LogP contribution in [0.25, 0.3) is 0 Å². The van der Waals surface area contributed by atoms with E-state index in [1.807, 2.05) is 32.0 Å². The molecule has 1 unspecified atom stereocenters. The summed E-state index contributed by atoms with van der Waals surface area (Å²) in [6.45, 7) is 8.64. The van der Waals surface area contributed by atoms with Crippen LogP contribution in [0.1, 0.15) is 38.1 Å². The summed E-state index contributed by atoms with van der Waals surface area (Å²) in [5, 5.41) is 2.98. The summed E-state index contributed by atoms with van der Waals surface area (Å²) >= 11 is 0. The minimum atomic E-state index is -0.0738. The van der Waals surface area contributed by atoms with Crippen LogP contribution in [0.4, 0.5) is 0 Å². The molecule has 0 spiro atoms. The van der Waals surface area contributed by atoms with Crippen molar-refractivity contribution in [2.45, 2.75) is 33.7 Å². The first-order valence-corrected chi connectivity index (χ1v) is 6.09. The van der Waals surface area contributed by atoms with Crippen LogP contribution in [0, 0.1) is 5.92 Å². The van der Waals surface area contributed by atoms with Gasteiger partial charge in [0.25, 0.3) is 5.91 Å². The van der Waals surface area contributed by atoms with Crippen molar-refractivity contribution in [1.82, 2.24) is 5.32 Å². The molecule has 1 aromatic carbocycles. The second-order valence-corrected chi connectivity index (χ2v) is 4.44. The van der Waals surface area contributed by atoms with Crippen LogP contribution < -0.4 is 10.1 Å². The maximum absolute atomic E-state index is 12.1. The predicted octanol–water partition coefficient (Wildman–Crippen LogP) is 2.86. The Morgan fingerprint density at radius 2 is 1.94 bits per heavy atom. The van der Waals surface area contributed by atoms with Crippen LogP contribution in [-0.2, 0) is 0 Å². The van der Waals surface area contributed by atoms with Crippen molar-refractivity contribution in [3.05, 3.63) is 29.8 Å². The SMILES string of the molecule is CCOc1ccccc1C(=O)NC(C)C(C)C. The molecule has 94 valence electrons. The van der Waals surface area contributed by atoms with Gasteiger partial charge in [0.05, 0.1) is 12.2 Å². The molecule has 1 atom stereocenters. The molecule has 1 rings (SSSR count). The van der Waals surface area contributed by atoms with Crippen LogP contribution in [0.3, 0.4) is 0 Å². The average molecular weight is 235 g/mol. The van der Waals surface area contributed by atoms with E-state index < -0.39 is 0 Å². The molecule has 0 saturated heterocycles. The zero-order chi connectivity index (χ0) is 12.8. The van der Waals surface area contributed by atoms with Crippen molar-refractivity contribution in [1.29, 1.82) is 0 Å². The highest BCUT2D eigenvalue weighted by molar-refractivity contribution is 5.97. The van der Waals surface area contributed by atoms with E-state index in [-0.39, 0.29) is 11.9 Å². The molecule has 1 amide bonds. The molecule has 0 aliphatic carbocycles. The molecule has 0 bridgehead atoms. The number of nitrogens with one attached hydrogen (secondary N) is 1. The van der Waals surface area contributed by atoms with E-state index in [2.05, 4.69) is 19.2 Å². The minimum Gasteiger partial charge on any atom is -0.493 e. The van der Waals surface area contributed by atoms with Gasteiger partial charge in [-0.2, -0.15) is 0 Å². The van der Waals surface area contributed by atoms with Gasteiger partial charge in [-0.15, -0.1) is 0 Å². The maximum atomic E-state index is 12.1. The Morgan fingerprint density at radius 1 is 1.29 bits per heavy atom. The van der Waals surface area contributed by atoms with Gasteiger partial charge in [-0.3, -0.25) is 4.79 Å². The minimum absolute atomic E-state index is 0.0738. The van der Waals surface area contributed by atoms with Gasteiger partial charge in [-0.1, -0.05) is 26.0 Å². The summed E-state index contributed by atoms with van der Waals surface area (Å²) in [6, 6.07) is 7.47. The Hall–Kier alpha value is -1.51. The first-order chi connectivity index (χ1) is 8.06. The molecule has 17 heavy (non-hydrogen) atoms. The Bertz CT molecular complexity index is 374. The van der Waals surface area contributed by atoms with Crippen molar-refractivity contribution in [3.8, 4) is 5.75 Å². The van der Waals surface area contributed by atoms with Crippen molar-refractivity contribution in [3.63, 3.8) is 0 Å². The largest absolute Gasteiger partial charge is 0.493 e. The van der Waals surface area contributed by atoms with Gasteiger partial charge in [-0.25, -0.2) is 0 Å². The number of ether oxygens (including phenoxy) is 1. The summed E-state index contributed by atoms with van der Waals surface area (Å²) in [5.74, 6) is 0.983. The number of amides is 1. The van der Waals surface area contributed by atoms with Crippen molar-refractivity contribution in [2.75, 3.05) is 6.61 Å². The topological polar surface area (TPSA) is 38.3 Å². The Balaban J connectivity index is 2.81. The zero-order valence-corrected chi connectivity index (χ0v) is 11.0. The quantitative estimate of drug-likeness (QED) is 0.852. The third-order valence-electron chi connectivity index (χ3n) is 2.79. The summed E-state index contributed by atoms with van der Waals surface area (Å²) in [4.78, 5) is 12.1. The molecule has 1 N–H and O–H groups in total. The molecule has 0 radical (unpaired) electrons. The van der Waals surface area contributed by atoms with E-state index >= 15 is 0 Å². The first-order valence-electron chi connectivity index (χ1n) is 6.09. The van der Waals surface area contributed by atoms with Crippen molar-refractivity contribution in [2.24, 2.45) is 5.92 Å². The van der Waals surface area contributed by atoms with Crippen LogP contribution in [0.2, 0.25) is 0 Å². The number of hydrogen-bond donors (Lipinski definition) is 1. The van der Waals surface area contributed by atoms with E-state index in [1.54, 1.807) is 6.07 Å². The number of para-hydroxylation sites is 1. The zero-order valence-electron chi connectivity index (χ0n) is 11.0. The molecule has 0 aliphatic rings. The first kappa shape index (κ1) is 13.6. The summed E-state index contributed by atoms with van der Waals surface area (Å²) < 4.78 is 5.44. The fourth-order valence-corrected chi connectivity index (χ4v) is 1.39. The van der Waals surface area contributed by atoms with Crippen LogP contribution in [-0.4, -0.2) is 18.6 Å². The molecule has 0 aliphatic heterocycles. The van der Waals surface area contributed by atoms with Gasteiger partial charge >= 0.3 is 0 Å². The lowest BCUT2D eigenvalue weighted by molar-refractivity contribution is 0.0926. The molecule has 0 aromatic heterocycles. The molecule has 3 heteroatoms. The summed E-state index contributed by atoms with van der Waals surface area (Å²) in [6.07, 6.45) is 0. The standard InChI is InChI=1S/C14H21NO2/c1-5-17-13-9-7-6-8-12(13)14(16)15-11(4)10(2)3/h6-11H,5H2,1-4H3,(H,15,16). The monoisotopic (exact) mass is 235 g/mol. The predicted molar refractivity (Wildman–Crippen MR) is 69.4 cm³/mol. The maximum Gasteiger partial charge on any atom is 0.255 e. The molecule has 1 aromatic rings. The number of benzene rings is 1. The third kappa shape index (κ3) is 3.77.